The van der Waals surface area contributed by atoms with Crippen molar-refractivity contribution >= 4 is 11.3 Å². The Morgan fingerprint density at radius 3 is 2.71 bits per heavy atom. The van der Waals surface area contributed by atoms with Crippen molar-refractivity contribution in [2.75, 3.05) is 7.05 Å². The lowest BCUT2D eigenvalue weighted by atomic mass is 10.2. The number of hydrogen-bond acceptors (Lipinski definition) is 6. The van der Waals surface area contributed by atoms with Gasteiger partial charge in [-0.25, -0.2) is 9.67 Å². The summed E-state index contributed by atoms with van der Waals surface area (Å²) in [6.45, 7) is 10.2. The highest BCUT2D eigenvalue weighted by Gasteiger charge is 2.20. The van der Waals surface area contributed by atoms with E-state index in [4.69, 9.17) is 0 Å². The molecule has 0 spiro atoms. The van der Waals surface area contributed by atoms with Crippen molar-refractivity contribution in [3.05, 3.63) is 21.4 Å². The Morgan fingerprint density at radius 1 is 1.33 bits per heavy atom. The average Bonchev–Trinajstić information content (AvgIpc) is 3.05. The summed E-state index contributed by atoms with van der Waals surface area (Å²) < 4.78 is 1.89. The average molecular weight is 308 g/mol. The lowest BCUT2D eigenvalue weighted by molar-refractivity contribution is 0.244. The lowest BCUT2D eigenvalue weighted by Crippen LogP contribution is -2.24. The first-order valence-corrected chi connectivity index (χ1v) is 8.29. The molecule has 0 aliphatic heterocycles. The van der Waals surface area contributed by atoms with E-state index in [0.29, 0.717) is 6.04 Å². The molecule has 0 saturated heterocycles. The Bertz CT molecular complexity index is 576. The second kappa shape index (κ2) is 7.09. The molecule has 2 rings (SSSR count). The summed E-state index contributed by atoms with van der Waals surface area (Å²) in [5.41, 5.74) is 1.14. The first-order chi connectivity index (χ1) is 10.1. The van der Waals surface area contributed by atoms with Crippen molar-refractivity contribution in [3.63, 3.8) is 0 Å². The summed E-state index contributed by atoms with van der Waals surface area (Å²) in [4.78, 5) is 8.24. The predicted molar refractivity (Wildman–Crippen MR) is 84.2 cm³/mol. The quantitative estimate of drug-likeness (QED) is 0.787. The highest BCUT2D eigenvalue weighted by Crippen LogP contribution is 2.29. The van der Waals surface area contributed by atoms with Crippen LogP contribution in [-0.4, -0.2) is 37.1 Å². The van der Waals surface area contributed by atoms with Gasteiger partial charge in [-0.05, 0) is 44.2 Å². The molecule has 21 heavy (non-hydrogen) atoms. The Hall–Kier alpha value is -1.34. The number of rotatable bonds is 7. The summed E-state index contributed by atoms with van der Waals surface area (Å²) in [6.07, 6.45) is 2.03. The molecule has 0 unspecified atom stereocenters. The third-order valence-corrected chi connectivity index (χ3v) is 5.12. The number of thiazole rings is 1. The van der Waals surface area contributed by atoms with Gasteiger partial charge in [0, 0.05) is 17.5 Å². The van der Waals surface area contributed by atoms with Crippen LogP contribution in [0.25, 0.3) is 0 Å². The van der Waals surface area contributed by atoms with Gasteiger partial charge in [-0.3, -0.25) is 4.90 Å². The topological polar surface area (TPSA) is 59.7 Å². The van der Waals surface area contributed by atoms with Crippen LogP contribution < -0.4 is 0 Å². The van der Waals surface area contributed by atoms with Crippen LogP contribution in [0.5, 0.6) is 0 Å². The lowest BCUT2D eigenvalue weighted by Gasteiger charge is -2.23. The molecule has 1 atom stereocenters. The molecule has 0 amide bonds. The van der Waals surface area contributed by atoms with Crippen molar-refractivity contribution < 1.29 is 0 Å². The van der Waals surface area contributed by atoms with Crippen LogP contribution in [0.4, 0.5) is 0 Å². The zero-order valence-corrected chi connectivity index (χ0v) is 14.3. The minimum absolute atomic E-state index is 0.314. The summed E-state index contributed by atoms with van der Waals surface area (Å²) >= 11 is 1.81. The Morgan fingerprint density at radius 2 is 2.10 bits per heavy atom. The summed E-state index contributed by atoms with van der Waals surface area (Å²) in [7, 11) is 2.11. The van der Waals surface area contributed by atoms with Crippen LogP contribution in [0.3, 0.4) is 0 Å². The van der Waals surface area contributed by atoms with Gasteiger partial charge in [0.15, 0.2) is 5.82 Å². The molecule has 2 aromatic rings. The second-order valence-corrected chi connectivity index (χ2v) is 6.44. The fraction of sp³-hybridized carbons (Fsp3) is 0.714. The SMILES string of the molecule is CCCn1nnnc1CN(C)[C@@H](C)c1sc(CC)nc1C. The van der Waals surface area contributed by atoms with E-state index in [9.17, 15) is 0 Å². The van der Waals surface area contributed by atoms with Gasteiger partial charge >= 0.3 is 0 Å². The first kappa shape index (κ1) is 16.0. The van der Waals surface area contributed by atoms with Gasteiger partial charge in [-0.15, -0.1) is 16.4 Å². The smallest absolute Gasteiger partial charge is 0.165 e. The summed E-state index contributed by atoms with van der Waals surface area (Å²) in [5, 5.41) is 13.2. The van der Waals surface area contributed by atoms with Crippen molar-refractivity contribution in [1.82, 2.24) is 30.1 Å². The van der Waals surface area contributed by atoms with Crippen LogP contribution in [0.2, 0.25) is 0 Å². The molecular weight excluding hydrogens is 284 g/mol. The number of aryl methyl sites for hydroxylation is 3. The minimum Gasteiger partial charge on any atom is -0.291 e. The van der Waals surface area contributed by atoms with Gasteiger partial charge < -0.3 is 0 Å². The fourth-order valence-electron chi connectivity index (χ4n) is 2.29. The van der Waals surface area contributed by atoms with E-state index in [2.05, 4.69) is 60.2 Å². The van der Waals surface area contributed by atoms with Crippen LogP contribution in [0, 0.1) is 6.92 Å². The highest BCUT2D eigenvalue weighted by molar-refractivity contribution is 7.11. The van der Waals surface area contributed by atoms with Gasteiger partial charge in [-0.2, -0.15) is 0 Å². The Kier molecular flexibility index (Phi) is 5.41. The molecule has 116 valence electrons. The molecule has 0 saturated carbocycles. The van der Waals surface area contributed by atoms with E-state index in [1.54, 1.807) is 0 Å². The third kappa shape index (κ3) is 3.65. The third-order valence-electron chi connectivity index (χ3n) is 3.65. The molecule has 0 aliphatic rings. The van der Waals surface area contributed by atoms with Gasteiger partial charge in [0.2, 0.25) is 0 Å². The number of hydrogen-bond donors (Lipinski definition) is 0. The molecule has 0 fully saturated rings. The number of nitrogens with zero attached hydrogens (tertiary/aromatic N) is 6. The Labute approximate surface area is 130 Å². The van der Waals surface area contributed by atoms with Crippen LogP contribution in [0.15, 0.2) is 0 Å². The van der Waals surface area contributed by atoms with Gasteiger partial charge in [0.05, 0.1) is 17.2 Å². The second-order valence-electron chi connectivity index (χ2n) is 5.32. The molecular formula is C14H24N6S. The van der Waals surface area contributed by atoms with Crippen LogP contribution >= 0.6 is 11.3 Å². The Balaban J connectivity index is 2.09. The molecule has 0 bridgehead atoms. The zero-order chi connectivity index (χ0) is 15.4. The largest absolute Gasteiger partial charge is 0.291 e. The van der Waals surface area contributed by atoms with Crippen molar-refractivity contribution in [2.24, 2.45) is 0 Å². The van der Waals surface area contributed by atoms with E-state index < -0.39 is 0 Å². The number of tetrazole rings is 1. The highest BCUT2D eigenvalue weighted by atomic mass is 32.1. The predicted octanol–water partition coefficient (Wildman–Crippen LogP) is 2.60. The standard InChI is InChI=1S/C14H24N6S/c1-6-8-20-12(16-17-18-20)9-19(5)11(4)14-10(3)15-13(7-2)21-14/h11H,6-9H2,1-5H3/t11-/m0/s1. The molecule has 0 aromatic carbocycles. The monoisotopic (exact) mass is 308 g/mol. The molecule has 2 aromatic heterocycles. The maximum Gasteiger partial charge on any atom is 0.165 e. The normalized spacial score (nSPS) is 13.0. The fourth-order valence-corrected chi connectivity index (χ4v) is 3.41. The van der Waals surface area contributed by atoms with E-state index >= 15 is 0 Å². The van der Waals surface area contributed by atoms with Crippen molar-refractivity contribution in [1.29, 1.82) is 0 Å². The van der Waals surface area contributed by atoms with Gasteiger partial charge in [0.1, 0.15) is 0 Å². The molecule has 0 radical (unpaired) electrons. The zero-order valence-electron chi connectivity index (χ0n) is 13.5. The van der Waals surface area contributed by atoms with E-state index in [0.717, 1.165) is 37.4 Å². The molecule has 0 N–H and O–H groups in total. The molecule has 6 nitrogen and oxygen atoms in total. The van der Waals surface area contributed by atoms with Crippen molar-refractivity contribution in [3.8, 4) is 0 Å². The van der Waals surface area contributed by atoms with Gasteiger partial charge in [-0.1, -0.05) is 13.8 Å². The maximum atomic E-state index is 4.62. The summed E-state index contributed by atoms with van der Waals surface area (Å²) in [5.74, 6) is 0.920. The van der Waals surface area contributed by atoms with E-state index in [1.165, 1.54) is 9.88 Å². The summed E-state index contributed by atoms with van der Waals surface area (Å²) in [6, 6.07) is 0.314. The van der Waals surface area contributed by atoms with E-state index in [-0.39, 0.29) is 0 Å². The van der Waals surface area contributed by atoms with Crippen LogP contribution in [-0.2, 0) is 19.5 Å². The minimum atomic E-state index is 0.314. The first-order valence-electron chi connectivity index (χ1n) is 7.48. The maximum absolute atomic E-state index is 4.62. The van der Waals surface area contributed by atoms with E-state index in [1.807, 2.05) is 16.0 Å². The molecule has 2 heterocycles. The van der Waals surface area contributed by atoms with Crippen LogP contribution in [0.1, 0.15) is 54.6 Å². The van der Waals surface area contributed by atoms with Gasteiger partial charge in [0.25, 0.3) is 0 Å². The van der Waals surface area contributed by atoms with Crippen molar-refractivity contribution in [2.45, 2.75) is 59.7 Å². The number of aromatic nitrogens is 5. The molecule has 0 aliphatic carbocycles. The molecule has 7 heteroatoms.